The zero-order valence-electron chi connectivity index (χ0n) is 15.2. The molecule has 0 aliphatic rings. The molecule has 0 amide bonds. The summed E-state index contributed by atoms with van der Waals surface area (Å²) in [5.74, 6) is 0.182. The summed E-state index contributed by atoms with van der Waals surface area (Å²) in [5.41, 5.74) is 2.09. The van der Waals surface area contributed by atoms with Gasteiger partial charge in [-0.25, -0.2) is 9.48 Å². The van der Waals surface area contributed by atoms with Crippen molar-refractivity contribution >= 4 is 5.97 Å². The molecule has 0 N–H and O–H groups in total. The van der Waals surface area contributed by atoms with Gasteiger partial charge in [-0.3, -0.25) is 0 Å². The molecule has 2 rings (SSSR count). The van der Waals surface area contributed by atoms with E-state index in [-0.39, 0.29) is 0 Å². The van der Waals surface area contributed by atoms with Gasteiger partial charge in [0.1, 0.15) is 6.10 Å². The van der Waals surface area contributed by atoms with E-state index in [0.717, 1.165) is 24.2 Å². The number of carbonyl (C=O) groups excluding carboxylic acids is 1. The van der Waals surface area contributed by atoms with Crippen LogP contribution in [0, 0.1) is 6.92 Å². The van der Waals surface area contributed by atoms with Gasteiger partial charge in [0, 0.05) is 6.07 Å². The molecule has 2 aromatic rings. The molecule has 0 fully saturated rings. The number of para-hydroxylation sites is 1. The summed E-state index contributed by atoms with van der Waals surface area (Å²) in [4.78, 5) is 12.1. The highest BCUT2D eigenvalue weighted by Crippen LogP contribution is 2.24. The lowest BCUT2D eigenvalue weighted by molar-refractivity contribution is -0.139. The fraction of sp³-hybridized carbons (Fsp3) is 0.400. The van der Waals surface area contributed by atoms with Crippen LogP contribution in [0.2, 0.25) is 0 Å². The third-order valence-electron chi connectivity index (χ3n) is 3.81. The standard InChI is InChI=1S/C20H26N2O3/c1-5-7-13-18(16(4)20(23)24-6-2)25-19-14-15(3)21-22(19)17-11-9-8-10-12-17/h8-12,14,18H,4-7,13H2,1-3H3. The highest BCUT2D eigenvalue weighted by atomic mass is 16.5. The summed E-state index contributed by atoms with van der Waals surface area (Å²) in [6, 6.07) is 11.6. The van der Waals surface area contributed by atoms with Gasteiger partial charge in [-0.05, 0) is 38.8 Å². The molecule has 0 bridgehead atoms. The number of hydrogen-bond donors (Lipinski definition) is 0. The van der Waals surface area contributed by atoms with Crippen molar-refractivity contribution in [3.8, 4) is 11.6 Å². The Morgan fingerprint density at radius 3 is 2.64 bits per heavy atom. The third-order valence-corrected chi connectivity index (χ3v) is 3.81. The molecular formula is C20H26N2O3. The molecule has 5 nitrogen and oxygen atoms in total. The van der Waals surface area contributed by atoms with E-state index in [4.69, 9.17) is 9.47 Å². The number of hydrogen-bond acceptors (Lipinski definition) is 4. The van der Waals surface area contributed by atoms with Crippen LogP contribution in [-0.4, -0.2) is 28.5 Å². The molecule has 5 heteroatoms. The number of rotatable bonds is 9. The Bertz CT molecular complexity index is 707. The molecule has 0 aliphatic heterocycles. The molecule has 0 aliphatic carbocycles. The van der Waals surface area contributed by atoms with Gasteiger partial charge in [-0.1, -0.05) is 38.1 Å². The van der Waals surface area contributed by atoms with Gasteiger partial charge in [0.15, 0.2) is 0 Å². The Labute approximate surface area is 149 Å². The number of benzene rings is 1. The number of esters is 1. The minimum Gasteiger partial charge on any atom is -0.469 e. The van der Waals surface area contributed by atoms with Crippen LogP contribution >= 0.6 is 0 Å². The van der Waals surface area contributed by atoms with E-state index in [0.29, 0.717) is 24.5 Å². The van der Waals surface area contributed by atoms with Crippen molar-refractivity contribution in [1.29, 1.82) is 0 Å². The molecule has 0 spiro atoms. The van der Waals surface area contributed by atoms with E-state index < -0.39 is 12.1 Å². The second kappa shape index (κ2) is 9.06. The van der Waals surface area contributed by atoms with E-state index in [9.17, 15) is 4.79 Å². The molecule has 134 valence electrons. The average molecular weight is 342 g/mol. The molecular weight excluding hydrogens is 316 g/mol. The lowest BCUT2D eigenvalue weighted by Gasteiger charge is -2.20. The van der Waals surface area contributed by atoms with Crippen molar-refractivity contribution in [2.45, 2.75) is 46.1 Å². The predicted molar refractivity (Wildman–Crippen MR) is 98.0 cm³/mol. The molecule has 0 saturated carbocycles. The zero-order chi connectivity index (χ0) is 18.2. The van der Waals surface area contributed by atoms with Crippen molar-refractivity contribution in [2.24, 2.45) is 0 Å². The molecule has 1 atom stereocenters. The first-order chi connectivity index (χ1) is 12.1. The maximum absolute atomic E-state index is 12.1. The third kappa shape index (κ3) is 4.95. The number of carbonyl (C=O) groups is 1. The summed E-state index contributed by atoms with van der Waals surface area (Å²) in [5, 5.41) is 4.50. The second-order valence-corrected chi connectivity index (χ2v) is 5.87. The largest absolute Gasteiger partial charge is 0.469 e. The quantitative estimate of drug-likeness (QED) is 0.505. The zero-order valence-corrected chi connectivity index (χ0v) is 15.2. The van der Waals surface area contributed by atoms with Gasteiger partial charge < -0.3 is 9.47 Å². The Kier molecular flexibility index (Phi) is 6.81. The van der Waals surface area contributed by atoms with Crippen LogP contribution in [0.1, 0.15) is 38.8 Å². The minimum absolute atomic E-state index is 0.319. The molecule has 0 radical (unpaired) electrons. The van der Waals surface area contributed by atoms with E-state index >= 15 is 0 Å². The topological polar surface area (TPSA) is 53.4 Å². The van der Waals surface area contributed by atoms with Crippen LogP contribution in [0.15, 0.2) is 48.6 Å². The monoisotopic (exact) mass is 342 g/mol. The lowest BCUT2D eigenvalue weighted by atomic mass is 10.1. The van der Waals surface area contributed by atoms with Crippen LogP contribution in [0.4, 0.5) is 0 Å². The van der Waals surface area contributed by atoms with Crippen LogP contribution in [0.3, 0.4) is 0 Å². The molecule has 1 unspecified atom stereocenters. The molecule has 0 saturated heterocycles. The van der Waals surface area contributed by atoms with Crippen molar-refractivity contribution in [1.82, 2.24) is 9.78 Å². The van der Waals surface area contributed by atoms with Gasteiger partial charge in [0.25, 0.3) is 0 Å². The van der Waals surface area contributed by atoms with Crippen molar-refractivity contribution in [3.63, 3.8) is 0 Å². The average Bonchev–Trinajstić information content (AvgIpc) is 2.99. The normalized spacial score (nSPS) is 11.8. The summed E-state index contributed by atoms with van der Waals surface area (Å²) in [6.07, 6.45) is 2.21. The summed E-state index contributed by atoms with van der Waals surface area (Å²) < 4.78 is 13.0. The Balaban J connectivity index is 2.26. The van der Waals surface area contributed by atoms with Crippen molar-refractivity contribution < 1.29 is 14.3 Å². The van der Waals surface area contributed by atoms with Gasteiger partial charge in [-0.15, -0.1) is 0 Å². The Hall–Kier alpha value is -2.56. The predicted octanol–water partition coefficient (Wildman–Crippen LogP) is 4.24. The number of aromatic nitrogens is 2. The van der Waals surface area contributed by atoms with Crippen LogP contribution in [-0.2, 0) is 9.53 Å². The Morgan fingerprint density at radius 1 is 1.28 bits per heavy atom. The molecule has 1 aromatic heterocycles. The van der Waals surface area contributed by atoms with Crippen molar-refractivity contribution in [3.05, 3.63) is 54.2 Å². The summed E-state index contributed by atoms with van der Waals surface area (Å²) in [6.45, 7) is 10.0. The number of nitrogens with zero attached hydrogens (tertiary/aromatic N) is 2. The first-order valence-corrected chi connectivity index (χ1v) is 8.71. The Morgan fingerprint density at radius 2 is 2.00 bits per heavy atom. The maximum Gasteiger partial charge on any atom is 0.337 e. The maximum atomic E-state index is 12.1. The van der Waals surface area contributed by atoms with Gasteiger partial charge in [-0.2, -0.15) is 5.10 Å². The SMILES string of the molecule is C=C(C(=O)OCC)C(CCCC)Oc1cc(C)nn1-c1ccccc1. The van der Waals surface area contributed by atoms with E-state index in [1.54, 1.807) is 11.6 Å². The first-order valence-electron chi connectivity index (χ1n) is 8.71. The number of ether oxygens (including phenoxy) is 2. The van der Waals surface area contributed by atoms with Crippen LogP contribution < -0.4 is 4.74 Å². The van der Waals surface area contributed by atoms with Crippen LogP contribution in [0.5, 0.6) is 5.88 Å². The fourth-order valence-electron chi connectivity index (χ4n) is 2.51. The smallest absolute Gasteiger partial charge is 0.337 e. The van der Waals surface area contributed by atoms with Gasteiger partial charge >= 0.3 is 5.97 Å². The van der Waals surface area contributed by atoms with Crippen molar-refractivity contribution in [2.75, 3.05) is 6.61 Å². The first kappa shape index (κ1) is 18.8. The molecule has 25 heavy (non-hydrogen) atoms. The highest BCUT2D eigenvalue weighted by molar-refractivity contribution is 5.88. The van der Waals surface area contributed by atoms with E-state index in [2.05, 4.69) is 18.6 Å². The number of aryl methyl sites for hydroxylation is 1. The lowest BCUT2D eigenvalue weighted by Crippen LogP contribution is -2.26. The number of unbranched alkanes of at least 4 members (excludes halogenated alkanes) is 1. The van der Waals surface area contributed by atoms with E-state index in [1.165, 1.54) is 0 Å². The van der Waals surface area contributed by atoms with E-state index in [1.807, 2.05) is 43.3 Å². The van der Waals surface area contributed by atoms with Gasteiger partial charge in [0.2, 0.25) is 5.88 Å². The highest BCUT2D eigenvalue weighted by Gasteiger charge is 2.23. The summed E-state index contributed by atoms with van der Waals surface area (Å²) in [7, 11) is 0. The summed E-state index contributed by atoms with van der Waals surface area (Å²) >= 11 is 0. The molecule has 1 heterocycles. The minimum atomic E-state index is -0.433. The fourth-order valence-corrected chi connectivity index (χ4v) is 2.51. The second-order valence-electron chi connectivity index (χ2n) is 5.87. The van der Waals surface area contributed by atoms with Crippen LogP contribution in [0.25, 0.3) is 5.69 Å². The molecule has 1 aromatic carbocycles. The van der Waals surface area contributed by atoms with Gasteiger partial charge in [0.05, 0.1) is 23.6 Å².